The lowest BCUT2D eigenvalue weighted by atomic mass is 10.1. The average Bonchev–Trinajstić information content (AvgIpc) is 2.69. The first-order valence-electron chi connectivity index (χ1n) is 8.99. The summed E-state index contributed by atoms with van der Waals surface area (Å²) in [5.41, 5.74) is -3.44. The number of carbonyl (C=O) groups is 1. The molecular weight excluding hydrogens is 454 g/mol. The number of carbonyl (C=O) groups excluding carboxylic acids is 1. The van der Waals surface area contributed by atoms with E-state index in [4.69, 9.17) is 4.74 Å². The number of sulfonamides is 1. The number of ether oxygens (including phenoxy) is 1. The Morgan fingerprint density at radius 2 is 1.55 bits per heavy atom. The second-order valence-electron chi connectivity index (χ2n) is 6.74. The molecule has 0 radical (unpaired) electrons. The van der Waals surface area contributed by atoms with Crippen LogP contribution in [0, 0.1) is 0 Å². The van der Waals surface area contributed by atoms with Crippen LogP contribution < -0.4 is 0 Å². The van der Waals surface area contributed by atoms with Crippen molar-refractivity contribution >= 4 is 15.9 Å². The van der Waals surface area contributed by atoms with Gasteiger partial charge in [0.05, 0.1) is 22.6 Å². The molecule has 13 heteroatoms. The van der Waals surface area contributed by atoms with Gasteiger partial charge in [-0.15, -0.1) is 6.58 Å². The first kappa shape index (κ1) is 25.1. The van der Waals surface area contributed by atoms with Crippen LogP contribution in [0.1, 0.15) is 18.1 Å². The van der Waals surface area contributed by atoms with Gasteiger partial charge in [0.15, 0.2) is 0 Å². The molecule has 1 aromatic carbocycles. The van der Waals surface area contributed by atoms with Crippen LogP contribution in [0.4, 0.5) is 26.3 Å². The van der Waals surface area contributed by atoms with Crippen molar-refractivity contribution in [2.24, 2.45) is 0 Å². The molecule has 0 spiro atoms. The number of rotatable bonds is 6. The molecule has 6 nitrogen and oxygen atoms in total. The Morgan fingerprint density at radius 1 is 1.06 bits per heavy atom. The molecule has 174 valence electrons. The summed E-state index contributed by atoms with van der Waals surface area (Å²) in [6.45, 7) is 4.30. The monoisotopic (exact) mass is 474 g/mol. The SMILES string of the molecule is C=CCOC(C)C(=O)N1CCN(S(=O)(=O)c2cc(C(F)(F)F)cc(C(F)(F)F)c2)CC1. The van der Waals surface area contributed by atoms with Gasteiger partial charge in [-0.3, -0.25) is 4.79 Å². The third kappa shape index (κ3) is 5.98. The summed E-state index contributed by atoms with van der Waals surface area (Å²) in [4.78, 5) is 12.5. The van der Waals surface area contributed by atoms with Crippen molar-refractivity contribution in [1.29, 1.82) is 0 Å². The van der Waals surface area contributed by atoms with Crippen molar-refractivity contribution in [1.82, 2.24) is 9.21 Å². The van der Waals surface area contributed by atoms with E-state index in [2.05, 4.69) is 6.58 Å². The highest BCUT2D eigenvalue weighted by Crippen LogP contribution is 2.37. The minimum Gasteiger partial charge on any atom is -0.365 e. The number of hydrogen-bond donors (Lipinski definition) is 0. The number of piperazine rings is 1. The molecule has 1 aliphatic heterocycles. The Balaban J connectivity index is 2.25. The van der Waals surface area contributed by atoms with E-state index in [0.29, 0.717) is 0 Å². The summed E-state index contributed by atoms with van der Waals surface area (Å²) in [5.74, 6) is -0.419. The molecular formula is C18H20F6N2O4S. The molecule has 0 N–H and O–H groups in total. The lowest BCUT2D eigenvalue weighted by molar-refractivity contribution is -0.144. The molecule has 1 saturated heterocycles. The van der Waals surface area contributed by atoms with Gasteiger partial charge in [-0.25, -0.2) is 8.42 Å². The molecule has 2 rings (SSSR count). The molecule has 31 heavy (non-hydrogen) atoms. The van der Waals surface area contributed by atoms with Gasteiger partial charge < -0.3 is 9.64 Å². The minimum atomic E-state index is -5.17. The highest BCUT2D eigenvalue weighted by Gasteiger charge is 2.40. The van der Waals surface area contributed by atoms with Crippen molar-refractivity contribution in [3.05, 3.63) is 42.0 Å². The number of amides is 1. The van der Waals surface area contributed by atoms with Gasteiger partial charge in [0.25, 0.3) is 5.91 Å². The smallest absolute Gasteiger partial charge is 0.365 e. The zero-order valence-corrected chi connectivity index (χ0v) is 17.1. The fourth-order valence-electron chi connectivity index (χ4n) is 2.91. The Morgan fingerprint density at radius 3 is 1.97 bits per heavy atom. The maximum atomic E-state index is 13.0. The first-order chi connectivity index (χ1) is 14.2. The third-order valence-corrected chi connectivity index (χ3v) is 6.44. The summed E-state index contributed by atoms with van der Waals surface area (Å²) < 4.78 is 110. The molecule has 1 unspecified atom stereocenters. The van der Waals surface area contributed by atoms with E-state index in [9.17, 15) is 39.6 Å². The molecule has 0 bridgehead atoms. The van der Waals surface area contributed by atoms with Crippen molar-refractivity contribution in [3.63, 3.8) is 0 Å². The van der Waals surface area contributed by atoms with Gasteiger partial charge in [0.1, 0.15) is 6.10 Å². The number of hydrogen-bond acceptors (Lipinski definition) is 4. The Bertz CT molecular complexity index is 890. The van der Waals surface area contributed by atoms with Crippen LogP contribution in [0.2, 0.25) is 0 Å². The minimum absolute atomic E-state index is 0.0923. The maximum absolute atomic E-state index is 13.0. The van der Waals surface area contributed by atoms with Gasteiger partial charge in [0, 0.05) is 26.2 Å². The highest BCUT2D eigenvalue weighted by atomic mass is 32.2. The molecule has 1 fully saturated rings. The molecule has 1 atom stereocenters. The second kappa shape index (κ2) is 9.17. The summed E-state index contributed by atoms with van der Waals surface area (Å²) in [7, 11) is -4.66. The van der Waals surface area contributed by atoms with Gasteiger partial charge in [-0.05, 0) is 25.1 Å². The lowest BCUT2D eigenvalue weighted by Gasteiger charge is -2.35. The number of nitrogens with zero attached hydrogens (tertiary/aromatic N) is 2. The second-order valence-corrected chi connectivity index (χ2v) is 8.67. The van der Waals surface area contributed by atoms with Crippen molar-refractivity contribution in [2.75, 3.05) is 32.8 Å². The first-order valence-corrected chi connectivity index (χ1v) is 10.4. The van der Waals surface area contributed by atoms with E-state index < -0.39 is 50.4 Å². The van der Waals surface area contributed by atoms with E-state index in [1.807, 2.05) is 0 Å². The van der Waals surface area contributed by atoms with E-state index in [-0.39, 0.29) is 51.0 Å². The van der Waals surface area contributed by atoms with Crippen LogP contribution >= 0.6 is 0 Å². The van der Waals surface area contributed by atoms with Gasteiger partial charge >= 0.3 is 12.4 Å². The van der Waals surface area contributed by atoms with E-state index in [0.717, 1.165) is 4.31 Å². The van der Waals surface area contributed by atoms with Gasteiger partial charge in [-0.2, -0.15) is 30.6 Å². The molecule has 0 aromatic heterocycles. The Hall–Kier alpha value is -2.12. The predicted molar refractivity (Wildman–Crippen MR) is 97.4 cm³/mol. The quantitative estimate of drug-likeness (QED) is 0.470. The molecule has 0 saturated carbocycles. The molecule has 1 amide bonds. The van der Waals surface area contributed by atoms with Crippen molar-refractivity contribution < 1.29 is 44.3 Å². The fraction of sp³-hybridized carbons (Fsp3) is 0.500. The fourth-order valence-corrected chi connectivity index (χ4v) is 4.41. The summed E-state index contributed by atoms with van der Waals surface area (Å²) >= 11 is 0. The largest absolute Gasteiger partial charge is 0.416 e. The third-order valence-electron chi connectivity index (χ3n) is 4.56. The summed E-state index contributed by atoms with van der Waals surface area (Å²) in [6, 6.07) is 0.209. The average molecular weight is 474 g/mol. The van der Waals surface area contributed by atoms with E-state index >= 15 is 0 Å². The predicted octanol–water partition coefficient (Wildman–Crippen LogP) is 3.15. The maximum Gasteiger partial charge on any atom is 0.416 e. The van der Waals surface area contributed by atoms with Crippen molar-refractivity contribution in [3.8, 4) is 0 Å². The summed E-state index contributed by atoms with van der Waals surface area (Å²) in [5, 5.41) is 0. The van der Waals surface area contributed by atoms with Crippen molar-refractivity contribution in [2.45, 2.75) is 30.3 Å². The van der Waals surface area contributed by atoms with Gasteiger partial charge in [0.2, 0.25) is 10.0 Å². The van der Waals surface area contributed by atoms with Crippen LogP contribution in [-0.2, 0) is 31.9 Å². The topological polar surface area (TPSA) is 66.9 Å². The van der Waals surface area contributed by atoms with E-state index in [1.54, 1.807) is 0 Å². The number of benzene rings is 1. The van der Waals surface area contributed by atoms with Gasteiger partial charge in [-0.1, -0.05) is 6.08 Å². The molecule has 1 aliphatic rings. The highest BCUT2D eigenvalue weighted by molar-refractivity contribution is 7.89. The number of alkyl halides is 6. The molecule has 1 aromatic rings. The Kier molecular flexibility index (Phi) is 7.43. The number of halogens is 6. The summed E-state index contributed by atoms with van der Waals surface area (Å²) in [6.07, 6.45) is -9.71. The lowest BCUT2D eigenvalue weighted by Crippen LogP contribution is -2.52. The zero-order chi connectivity index (χ0) is 23.6. The van der Waals surface area contributed by atoms with E-state index in [1.165, 1.54) is 17.9 Å². The molecule has 0 aliphatic carbocycles. The van der Waals surface area contributed by atoms with Crippen LogP contribution in [-0.4, -0.2) is 62.4 Å². The van der Waals surface area contributed by atoms with Crippen LogP contribution in [0.5, 0.6) is 0 Å². The zero-order valence-electron chi connectivity index (χ0n) is 16.3. The van der Waals surface area contributed by atoms with Crippen LogP contribution in [0.25, 0.3) is 0 Å². The Labute approximate surface area is 175 Å². The van der Waals surface area contributed by atoms with Crippen LogP contribution in [0.15, 0.2) is 35.7 Å². The molecule has 1 heterocycles. The van der Waals surface area contributed by atoms with Crippen LogP contribution in [0.3, 0.4) is 0 Å². The normalized spacial score (nSPS) is 17.5. The standard InChI is InChI=1S/C18H20F6N2O4S/c1-3-8-30-12(2)16(27)25-4-6-26(7-5-25)31(28,29)15-10-13(17(19,20)21)9-14(11-15)18(22,23)24/h3,9-12H,1,4-8H2,2H3.